The highest BCUT2D eigenvalue weighted by Gasteiger charge is 2.22. The van der Waals surface area contributed by atoms with Gasteiger partial charge in [0.25, 0.3) is 0 Å². The third-order valence-electron chi connectivity index (χ3n) is 2.87. The SMILES string of the molecule is CC(CC1CC1)NCCc1ccsc1. The molecule has 1 atom stereocenters. The van der Waals surface area contributed by atoms with E-state index < -0.39 is 0 Å². The van der Waals surface area contributed by atoms with E-state index in [4.69, 9.17) is 0 Å². The molecule has 1 N–H and O–H groups in total. The molecule has 0 spiro atoms. The summed E-state index contributed by atoms with van der Waals surface area (Å²) in [6, 6.07) is 2.93. The maximum Gasteiger partial charge on any atom is 0.00414 e. The van der Waals surface area contributed by atoms with Gasteiger partial charge < -0.3 is 5.32 Å². The van der Waals surface area contributed by atoms with Crippen molar-refractivity contribution in [3.63, 3.8) is 0 Å². The van der Waals surface area contributed by atoms with Crippen LogP contribution >= 0.6 is 11.3 Å². The van der Waals surface area contributed by atoms with Crippen molar-refractivity contribution in [3.05, 3.63) is 22.4 Å². The number of hydrogen-bond donors (Lipinski definition) is 1. The number of hydrogen-bond acceptors (Lipinski definition) is 2. The molecule has 1 nitrogen and oxygen atoms in total. The van der Waals surface area contributed by atoms with Crippen LogP contribution in [0.2, 0.25) is 0 Å². The quantitative estimate of drug-likeness (QED) is 0.759. The fourth-order valence-corrected chi connectivity index (χ4v) is 2.54. The molecule has 1 aliphatic rings. The average molecular weight is 209 g/mol. The van der Waals surface area contributed by atoms with Crippen molar-refractivity contribution in [1.29, 1.82) is 0 Å². The Labute approximate surface area is 90.5 Å². The maximum absolute atomic E-state index is 3.60. The zero-order chi connectivity index (χ0) is 9.80. The van der Waals surface area contributed by atoms with Crippen molar-refractivity contribution in [1.82, 2.24) is 5.32 Å². The zero-order valence-corrected chi connectivity index (χ0v) is 9.65. The topological polar surface area (TPSA) is 12.0 Å². The molecule has 1 aromatic rings. The molecule has 0 aliphatic heterocycles. The van der Waals surface area contributed by atoms with E-state index in [0.29, 0.717) is 6.04 Å². The third kappa shape index (κ3) is 3.43. The van der Waals surface area contributed by atoms with Crippen molar-refractivity contribution < 1.29 is 0 Å². The predicted molar refractivity (Wildman–Crippen MR) is 62.8 cm³/mol. The molecule has 1 saturated carbocycles. The van der Waals surface area contributed by atoms with Gasteiger partial charge in [0.1, 0.15) is 0 Å². The van der Waals surface area contributed by atoms with E-state index in [9.17, 15) is 0 Å². The minimum atomic E-state index is 0.709. The molecular formula is C12H19NS. The summed E-state index contributed by atoms with van der Waals surface area (Å²) in [5.74, 6) is 1.04. The molecule has 1 unspecified atom stereocenters. The number of rotatable bonds is 6. The summed E-state index contributed by atoms with van der Waals surface area (Å²) in [5.41, 5.74) is 1.47. The summed E-state index contributed by atoms with van der Waals surface area (Å²) in [7, 11) is 0. The molecule has 0 bridgehead atoms. The van der Waals surface area contributed by atoms with Gasteiger partial charge in [-0.2, -0.15) is 11.3 Å². The van der Waals surface area contributed by atoms with Gasteiger partial charge in [0.15, 0.2) is 0 Å². The molecule has 78 valence electrons. The molecule has 2 heteroatoms. The van der Waals surface area contributed by atoms with Gasteiger partial charge in [-0.25, -0.2) is 0 Å². The second-order valence-electron chi connectivity index (χ2n) is 4.42. The minimum absolute atomic E-state index is 0.709. The third-order valence-corrected chi connectivity index (χ3v) is 3.60. The van der Waals surface area contributed by atoms with Crippen LogP contribution in [-0.2, 0) is 6.42 Å². The van der Waals surface area contributed by atoms with E-state index >= 15 is 0 Å². The summed E-state index contributed by atoms with van der Waals surface area (Å²) >= 11 is 1.79. The molecular weight excluding hydrogens is 190 g/mol. The molecule has 14 heavy (non-hydrogen) atoms. The molecule has 2 rings (SSSR count). The van der Waals surface area contributed by atoms with Crippen LogP contribution in [-0.4, -0.2) is 12.6 Å². The molecule has 1 fully saturated rings. The van der Waals surface area contributed by atoms with Crippen molar-refractivity contribution in [2.45, 2.75) is 38.6 Å². The van der Waals surface area contributed by atoms with Crippen molar-refractivity contribution >= 4 is 11.3 Å². The van der Waals surface area contributed by atoms with Gasteiger partial charge in [0.05, 0.1) is 0 Å². The lowest BCUT2D eigenvalue weighted by atomic mass is 10.1. The Balaban J connectivity index is 1.57. The van der Waals surface area contributed by atoms with Crippen LogP contribution in [0.3, 0.4) is 0 Å². The Hall–Kier alpha value is -0.340. The van der Waals surface area contributed by atoms with Crippen molar-refractivity contribution in [2.24, 2.45) is 5.92 Å². The van der Waals surface area contributed by atoms with E-state index in [0.717, 1.165) is 12.5 Å². The van der Waals surface area contributed by atoms with Gasteiger partial charge in [-0.3, -0.25) is 0 Å². The lowest BCUT2D eigenvalue weighted by molar-refractivity contribution is 0.491. The van der Waals surface area contributed by atoms with Crippen molar-refractivity contribution in [2.75, 3.05) is 6.54 Å². The van der Waals surface area contributed by atoms with Gasteiger partial charge in [-0.15, -0.1) is 0 Å². The fourth-order valence-electron chi connectivity index (χ4n) is 1.83. The molecule has 0 saturated heterocycles. The molecule has 1 heterocycles. The van der Waals surface area contributed by atoms with Crippen LogP contribution < -0.4 is 5.32 Å². The van der Waals surface area contributed by atoms with Crippen molar-refractivity contribution in [3.8, 4) is 0 Å². The summed E-state index contributed by atoms with van der Waals surface area (Å²) in [6.45, 7) is 3.44. The zero-order valence-electron chi connectivity index (χ0n) is 8.83. The monoisotopic (exact) mass is 209 g/mol. The predicted octanol–water partition coefficient (Wildman–Crippen LogP) is 3.07. The molecule has 0 radical (unpaired) electrons. The summed E-state index contributed by atoms with van der Waals surface area (Å²) in [6.07, 6.45) is 5.50. The average Bonchev–Trinajstić information content (AvgIpc) is 2.82. The molecule has 1 aliphatic carbocycles. The first kappa shape index (κ1) is 10.2. The number of nitrogens with one attached hydrogen (secondary N) is 1. The Morgan fingerprint density at radius 1 is 1.57 bits per heavy atom. The first-order valence-electron chi connectivity index (χ1n) is 5.59. The van der Waals surface area contributed by atoms with Crippen LogP contribution in [0.4, 0.5) is 0 Å². The van der Waals surface area contributed by atoms with Crippen LogP contribution in [0.15, 0.2) is 16.8 Å². The van der Waals surface area contributed by atoms with Crippen LogP contribution in [0.25, 0.3) is 0 Å². The summed E-state index contributed by atoms with van der Waals surface area (Å²) in [4.78, 5) is 0. The normalized spacial score (nSPS) is 18.4. The Morgan fingerprint density at radius 2 is 2.43 bits per heavy atom. The van der Waals surface area contributed by atoms with Crippen LogP contribution in [0.5, 0.6) is 0 Å². The van der Waals surface area contributed by atoms with E-state index in [1.165, 1.54) is 31.2 Å². The Morgan fingerprint density at radius 3 is 3.07 bits per heavy atom. The second-order valence-corrected chi connectivity index (χ2v) is 5.20. The van der Waals surface area contributed by atoms with Gasteiger partial charge in [0, 0.05) is 6.04 Å². The minimum Gasteiger partial charge on any atom is -0.314 e. The van der Waals surface area contributed by atoms with E-state index in [2.05, 4.69) is 29.1 Å². The number of thiophene rings is 1. The Bertz CT molecular complexity index is 251. The standard InChI is InChI=1S/C12H19NS/c1-10(8-11-2-3-11)13-6-4-12-5-7-14-9-12/h5,7,9-11,13H,2-4,6,8H2,1H3. The smallest absolute Gasteiger partial charge is 0.00414 e. The van der Waals surface area contributed by atoms with Crippen LogP contribution in [0, 0.1) is 5.92 Å². The highest BCUT2D eigenvalue weighted by Crippen LogP contribution is 2.33. The largest absolute Gasteiger partial charge is 0.314 e. The molecule has 0 amide bonds. The second kappa shape index (κ2) is 4.94. The molecule has 1 aromatic heterocycles. The highest BCUT2D eigenvalue weighted by atomic mass is 32.1. The summed E-state index contributed by atoms with van der Waals surface area (Å²) < 4.78 is 0. The van der Waals surface area contributed by atoms with E-state index in [1.807, 2.05) is 0 Å². The summed E-state index contributed by atoms with van der Waals surface area (Å²) in [5, 5.41) is 8.00. The van der Waals surface area contributed by atoms with Crippen LogP contribution in [0.1, 0.15) is 31.7 Å². The Kier molecular flexibility index (Phi) is 3.60. The first-order chi connectivity index (χ1) is 6.84. The first-order valence-corrected chi connectivity index (χ1v) is 6.53. The molecule has 0 aromatic carbocycles. The highest BCUT2D eigenvalue weighted by molar-refractivity contribution is 7.07. The lowest BCUT2D eigenvalue weighted by Crippen LogP contribution is -2.28. The fraction of sp³-hybridized carbons (Fsp3) is 0.667. The van der Waals surface area contributed by atoms with Gasteiger partial charge >= 0.3 is 0 Å². The lowest BCUT2D eigenvalue weighted by Gasteiger charge is -2.12. The van der Waals surface area contributed by atoms with Gasteiger partial charge in [-0.05, 0) is 54.6 Å². The maximum atomic E-state index is 3.60. The van der Waals surface area contributed by atoms with Gasteiger partial charge in [-0.1, -0.05) is 12.8 Å². The van der Waals surface area contributed by atoms with E-state index in [-0.39, 0.29) is 0 Å². The van der Waals surface area contributed by atoms with E-state index in [1.54, 1.807) is 11.3 Å². The van der Waals surface area contributed by atoms with Gasteiger partial charge in [0.2, 0.25) is 0 Å².